The molecule has 8 heteroatoms. The quantitative estimate of drug-likeness (QED) is 0.795. The summed E-state index contributed by atoms with van der Waals surface area (Å²) >= 11 is 0. The van der Waals surface area contributed by atoms with Gasteiger partial charge in [0, 0.05) is 32.2 Å². The van der Waals surface area contributed by atoms with Gasteiger partial charge in [-0.15, -0.1) is 0 Å². The highest BCUT2D eigenvalue weighted by Crippen LogP contribution is 2.25. The molecule has 2 N–H and O–H groups in total. The molecule has 1 aliphatic heterocycles. The van der Waals surface area contributed by atoms with Crippen molar-refractivity contribution in [1.82, 2.24) is 19.9 Å². The van der Waals surface area contributed by atoms with Gasteiger partial charge in [0.1, 0.15) is 23.8 Å². The number of rotatable bonds is 7. The fourth-order valence-electron chi connectivity index (χ4n) is 2.86. The molecule has 0 spiro atoms. The third-order valence-electron chi connectivity index (χ3n) is 4.00. The monoisotopic (exact) mass is 329 g/mol. The molecule has 1 fully saturated rings. The maximum Gasteiger partial charge on any atom is 0.234 e. The van der Waals surface area contributed by atoms with Crippen LogP contribution >= 0.6 is 0 Å². The van der Waals surface area contributed by atoms with Crippen LogP contribution < -0.4 is 20.3 Å². The smallest absolute Gasteiger partial charge is 0.234 e. The molecule has 3 rings (SSSR count). The van der Waals surface area contributed by atoms with E-state index in [2.05, 4.69) is 35.5 Å². The van der Waals surface area contributed by atoms with Crippen molar-refractivity contribution in [3.8, 4) is 5.88 Å². The lowest BCUT2D eigenvalue weighted by Gasteiger charge is -2.26. The van der Waals surface area contributed by atoms with Gasteiger partial charge in [-0.1, -0.05) is 0 Å². The second-order valence-corrected chi connectivity index (χ2v) is 5.56. The fourth-order valence-corrected chi connectivity index (χ4v) is 2.86. The molecule has 1 atom stereocenters. The number of nitrogens with zero attached hydrogens (tertiary/aromatic N) is 5. The molecule has 2 aromatic rings. The van der Waals surface area contributed by atoms with Crippen LogP contribution in [0.25, 0.3) is 0 Å². The standard InChI is InChI=1S/C16H23N7O/c1-3-24-16-10-18-9-14(22-16)19-8-12-5-4-6-23(12)15-7-13(17-2)20-11-21-15/h7,9-12H,3-6,8H2,1-2H3,(H,19,22)(H,17,20,21). The Hall–Kier alpha value is -2.64. The third-order valence-corrected chi connectivity index (χ3v) is 4.00. The zero-order valence-corrected chi connectivity index (χ0v) is 14.1. The summed E-state index contributed by atoms with van der Waals surface area (Å²) in [6.07, 6.45) is 7.20. The van der Waals surface area contributed by atoms with Gasteiger partial charge >= 0.3 is 0 Å². The lowest BCUT2D eigenvalue weighted by molar-refractivity contribution is 0.325. The van der Waals surface area contributed by atoms with E-state index >= 15 is 0 Å². The van der Waals surface area contributed by atoms with E-state index in [0.29, 0.717) is 18.5 Å². The third kappa shape index (κ3) is 3.81. The first kappa shape index (κ1) is 16.2. The molecule has 0 radical (unpaired) electrons. The van der Waals surface area contributed by atoms with Gasteiger partial charge in [0.15, 0.2) is 0 Å². The van der Waals surface area contributed by atoms with Crippen molar-refractivity contribution >= 4 is 17.5 Å². The summed E-state index contributed by atoms with van der Waals surface area (Å²) in [6, 6.07) is 2.34. The van der Waals surface area contributed by atoms with E-state index in [1.165, 1.54) is 0 Å². The second-order valence-electron chi connectivity index (χ2n) is 5.56. The Morgan fingerprint density at radius 3 is 3.04 bits per heavy atom. The Balaban J connectivity index is 1.64. The summed E-state index contributed by atoms with van der Waals surface area (Å²) in [7, 11) is 1.86. The highest BCUT2D eigenvalue weighted by molar-refractivity contribution is 5.50. The van der Waals surface area contributed by atoms with Gasteiger partial charge < -0.3 is 20.3 Å². The highest BCUT2D eigenvalue weighted by Gasteiger charge is 2.25. The molecule has 2 aromatic heterocycles. The topological polar surface area (TPSA) is 88.1 Å². The Morgan fingerprint density at radius 2 is 2.21 bits per heavy atom. The normalized spacial score (nSPS) is 16.9. The summed E-state index contributed by atoms with van der Waals surface area (Å²) in [5, 5.41) is 6.42. The number of hydrogen-bond donors (Lipinski definition) is 2. The van der Waals surface area contributed by atoms with E-state index in [1.807, 2.05) is 20.0 Å². The first-order valence-electron chi connectivity index (χ1n) is 8.25. The largest absolute Gasteiger partial charge is 0.477 e. The number of anilines is 3. The van der Waals surface area contributed by atoms with E-state index in [1.54, 1.807) is 18.7 Å². The Morgan fingerprint density at radius 1 is 1.29 bits per heavy atom. The van der Waals surface area contributed by atoms with E-state index in [4.69, 9.17) is 4.74 Å². The zero-order valence-electron chi connectivity index (χ0n) is 14.1. The van der Waals surface area contributed by atoms with Crippen molar-refractivity contribution < 1.29 is 4.74 Å². The molecule has 8 nitrogen and oxygen atoms in total. The summed E-state index contributed by atoms with van der Waals surface area (Å²) < 4.78 is 5.39. The van der Waals surface area contributed by atoms with Crippen LogP contribution in [-0.4, -0.2) is 52.7 Å². The summed E-state index contributed by atoms with van der Waals surface area (Å²) in [6.45, 7) is 4.29. The van der Waals surface area contributed by atoms with Crippen LogP contribution in [0, 0.1) is 0 Å². The van der Waals surface area contributed by atoms with Crippen LogP contribution in [0.15, 0.2) is 24.8 Å². The van der Waals surface area contributed by atoms with Crippen molar-refractivity contribution in [2.24, 2.45) is 0 Å². The number of aromatic nitrogens is 4. The average molecular weight is 329 g/mol. The molecule has 24 heavy (non-hydrogen) atoms. The Bertz CT molecular complexity index is 666. The molecular formula is C16H23N7O. The van der Waals surface area contributed by atoms with E-state index in [9.17, 15) is 0 Å². The highest BCUT2D eigenvalue weighted by atomic mass is 16.5. The van der Waals surface area contributed by atoms with Crippen molar-refractivity contribution in [2.75, 3.05) is 42.3 Å². The van der Waals surface area contributed by atoms with Crippen molar-refractivity contribution in [1.29, 1.82) is 0 Å². The fraction of sp³-hybridized carbons (Fsp3) is 0.500. The molecule has 0 aliphatic carbocycles. The average Bonchev–Trinajstić information content (AvgIpc) is 3.09. The minimum absolute atomic E-state index is 0.363. The van der Waals surface area contributed by atoms with Gasteiger partial charge in [0.05, 0.1) is 19.0 Å². The lowest BCUT2D eigenvalue weighted by Crippen LogP contribution is -2.35. The van der Waals surface area contributed by atoms with Gasteiger partial charge in [0.25, 0.3) is 0 Å². The van der Waals surface area contributed by atoms with Crippen LogP contribution in [0.1, 0.15) is 19.8 Å². The summed E-state index contributed by atoms with van der Waals surface area (Å²) in [4.78, 5) is 19.5. The first-order valence-corrected chi connectivity index (χ1v) is 8.25. The van der Waals surface area contributed by atoms with Gasteiger partial charge in [-0.3, -0.25) is 4.98 Å². The predicted octanol–water partition coefficient (Wildman–Crippen LogP) is 1.79. The molecule has 0 saturated carbocycles. The van der Waals surface area contributed by atoms with Crippen LogP contribution in [-0.2, 0) is 0 Å². The van der Waals surface area contributed by atoms with E-state index < -0.39 is 0 Å². The minimum atomic E-state index is 0.363. The number of hydrogen-bond acceptors (Lipinski definition) is 8. The van der Waals surface area contributed by atoms with Crippen LogP contribution in [0.4, 0.5) is 17.5 Å². The maximum absolute atomic E-state index is 5.39. The van der Waals surface area contributed by atoms with Gasteiger partial charge in [-0.2, -0.15) is 4.98 Å². The summed E-state index contributed by atoms with van der Waals surface area (Å²) in [5.41, 5.74) is 0. The van der Waals surface area contributed by atoms with Crippen molar-refractivity contribution in [3.63, 3.8) is 0 Å². The number of ether oxygens (including phenoxy) is 1. The minimum Gasteiger partial charge on any atom is -0.477 e. The van der Waals surface area contributed by atoms with Crippen molar-refractivity contribution in [2.45, 2.75) is 25.8 Å². The lowest BCUT2D eigenvalue weighted by atomic mass is 10.2. The Labute approximate surface area is 141 Å². The molecule has 128 valence electrons. The summed E-state index contributed by atoms with van der Waals surface area (Å²) in [5.74, 6) is 3.05. The molecule has 3 heterocycles. The molecule has 1 saturated heterocycles. The van der Waals surface area contributed by atoms with Gasteiger partial charge in [0.2, 0.25) is 5.88 Å². The number of nitrogens with one attached hydrogen (secondary N) is 2. The SMILES string of the molecule is CCOc1cncc(NCC2CCCN2c2cc(NC)ncn2)n1. The first-order chi connectivity index (χ1) is 11.8. The van der Waals surface area contributed by atoms with E-state index in [-0.39, 0.29) is 0 Å². The molecule has 0 bridgehead atoms. The van der Waals surface area contributed by atoms with E-state index in [0.717, 1.165) is 43.4 Å². The van der Waals surface area contributed by atoms with Gasteiger partial charge in [-0.05, 0) is 19.8 Å². The molecule has 0 amide bonds. The molecule has 1 unspecified atom stereocenters. The zero-order chi connectivity index (χ0) is 16.8. The van der Waals surface area contributed by atoms with Crippen LogP contribution in [0.2, 0.25) is 0 Å². The van der Waals surface area contributed by atoms with Gasteiger partial charge in [-0.25, -0.2) is 9.97 Å². The predicted molar refractivity (Wildman–Crippen MR) is 93.6 cm³/mol. The van der Waals surface area contributed by atoms with Crippen molar-refractivity contribution in [3.05, 3.63) is 24.8 Å². The van der Waals surface area contributed by atoms with Crippen LogP contribution in [0.5, 0.6) is 5.88 Å². The second kappa shape index (κ2) is 7.76. The molecule has 1 aliphatic rings. The Kier molecular flexibility index (Phi) is 5.25. The molecular weight excluding hydrogens is 306 g/mol. The van der Waals surface area contributed by atoms with Crippen LogP contribution in [0.3, 0.4) is 0 Å². The molecule has 0 aromatic carbocycles. The maximum atomic E-state index is 5.39.